The molecule has 5 heteroatoms. The summed E-state index contributed by atoms with van der Waals surface area (Å²) in [6.45, 7) is 5.52. The van der Waals surface area contributed by atoms with Crippen LogP contribution in [0.4, 0.5) is 0 Å². The molecule has 15 heavy (non-hydrogen) atoms. The van der Waals surface area contributed by atoms with E-state index in [0.717, 1.165) is 19.5 Å². The second-order valence-corrected chi connectivity index (χ2v) is 4.20. The Bertz CT molecular complexity index is 361. The minimum Gasteiger partial charge on any atom is -0.337 e. The molecule has 0 radical (unpaired) electrons. The molecule has 1 aromatic rings. The van der Waals surface area contributed by atoms with Crippen LogP contribution in [0.1, 0.15) is 35.9 Å². The Morgan fingerprint density at radius 1 is 1.53 bits per heavy atom. The van der Waals surface area contributed by atoms with Crippen molar-refractivity contribution in [3.8, 4) is 0 Å². The zero-order chi connectivity index (χ0) is 10.8. The number of piperidine rings is 1. The lowest BCUT2D eigenvalue weighted by molar-refractivity contribution is 0.0671. The number of likely N-dealkylation sites (tertiary alicyclic amines) is 1. The summed E-state index contributed by atoms with van der Waals surface area (Å²) in [7, 11) is 0. The van der Waals surface area contributed by atoms with E-state index in [-0.39, 0.29) is 5.91 Å². The van der Waals surface area contributed by atoms with E-state index >= 15 is 0 Å². The van der Waals surface area contributed by atoms with Crippen LogP contribution in [-0.4, -0.2) is 34.2 Å². The van der Waals surface area contributed by atoms with Gasteiger partial charge in [-0.05, 0) is 30.8 Å². The fourth-order valence-electron chi connectivity index (χ4n) is 1.95. The maximum atomic E-state index is 12.0. The van der Waals surface area contributed by atoms with Crippen LogP contribution in [0.5, 0.6) is 0 Å². The third-order valence-electron chi connectivity index (χ3n) is 2.80. The van der Waals surface area contributed by atoms with Gasteiger partial charge >= 0.3 is 0 Å². The molecule has 82 valence electrons. The molecule has 1 aliphatic rings. The van der Waals surface area contributed by atoms with Gasteiger partial charge in [0, 0.05) is 13.1 Å². The Morgan fingerprint density at radius 3 is 2.93 bits per heavy atom. The van der Waals surface area contributed by atoms with Gasteiger partial charge in [-0.15, -0.1) is 0 Å². The number of hydrogen-bond donors (Lipinski definition) is 0. The topological polar surface area (TPSA) is 59.2 Å². The third-order valence-corrected chi connectivity index (χ3v) is 2.80. The van der Waals surface area contributed by atoms with Gasteiger partial charge in [0.25, 0.3) is 5.91 Å². The zero-order valence-corrected chi connectivity index (χ0v) is 9.06. The van der Waals surface area contributed by atoms with E-state index < -0.39 is 0 Å². The first kappa shape index (κ1) is 10.1. The Labute approximate surface area is 88.4 Å². The van der Waals surface area contributed by atoms with Crippen LogP contribution in [0.3, 0.4) is 0 Å². The van der Waals surface area contributed by atoms with E-state index in [9.17, 15) is 4.79 Å². The van der Waals surface area contributed by atoms with Crippen molar-refractivity contribution in [2.45, 2.75) is 26.7 Å². The summed E-state index contributed by atoms with van der Waals surface area (Å²) in [6.07, 6.45) is 2.26. The van der Waals surface area contributed by atoms with Gasteiger partial charge in [0.15, 0.2) is 5.69 Å². The number of aromatic nitrogens is 2. The van der Waals surface area contributed by atoms with Crippen LogP contribution >= 0.6 is 0 Å². The second-order valence-electron chi connectivity index (χ2n) is 4.20. The number of rotatable bonds is 1. The van der Waals surface area contributed by atoms with Crippen molar-refractivity contribution in [3.63, 3.8) is 0 Å². The molecule has 5 nitrogen and oxygen atoms in total. The molecule has 0 saturated carbocycles. The maximum absolute atomic E-state index is 12.0. The van der Waals surface area contributed by atoms with Crippen LogP contribution in [0.25, 0.3) is 0 Å². The minimum atomic E-state index is -0.0553. The lowest BCUT2D eigenvalue weighted by Gasteiger charge is -2.30. The third kappa shape index (κ3) is 2.00. The Morgan fingerprint density at radius 2 is 2.33 bits per heavy atom. The number of carbonyl (C=O) groups excluding carboxylic acids is 1. The van der Waals surface area contributed by atoms with Crippen molar-refractivity contribution in [3.05, 3.63) is 11.4 Å². The summed E-state index contributed by atoms with van der Waals surface area (Å²) in [6, 6.07) is 0. The van der Waals surface area contributed by atoms with E-state index in [4.69, 9.17) is 0 Å². The normalized spacial score (nSPS) is 21.7. The average Bonchev–Trinajstić information content (AvgIpc) is 2.63. The fourth-order valence-corrected chi connectivity index (χ4v) is 1.95. The molecule has 1 fully saturated rings. The van der Waals surface area contributed by atoms with Gasteiger partial charge in [-0.2, -0.15) is 0 Å². The molecule has 0 spiro atoms. The predicted octanol–water partition coefficient (Wildman–Crippen LogP) is 1.25. The summed E-state index contributed by atoms with van der Waals surface area (Å²) in [4.78, 5) is 13.8. The van der Waals surface area contributed by atoms with Crippen molar-refractivity contribution in [2.24, 2.45) is 5.92 Å². The van der Waals surface area contributed by atoms with Crippen molar-refractivity contribution in [1.29, 1.82) is 0 Å². The number of carbonyl (C=O) groups is 1. The monoisotopic (exact) mass is 209 g/mol. The van der Waals surface area contributed by atoms with Gasteiger partial charge < -0.3 is 4.90 Å². The number of amides is 1. The molecule has 1 saturated heterocycles. The highest BCUT2D eigenvalue weighted by atomic mass is 16.6. The smallest absolute Gasteiger partial charge is 0.278 e. The molecule has 0 aliphatic carbocycles. The molecule has 1 atom stereocenters. The molecule has 0 bridgehead atoms. The summed E-state index contributed by atoms with van der Waals surface area (Å²) in [5.74, 6) is 0.517. The highest BCUT2D eigenvalue weighted by Gasteiger charge is 2.25. The Hall–Kier alpha value is -1.39. The SMILES string of the molecule is Cc1nonc1C(=O)N1CCCC(C)C1. The average molecular weight is 209 g/mol. The van der Waals surface area contributed by atoms with Gasteiger partial charge in [0.2, 0.25) is 0 Å². The van der Waals surface area contributed by atoms with Crippen molar-refractivity contribution in [2.75, 3.05) is 13.1 Å². The molecule has 1 amide bonds. The zero-order valence-electron chi connectivity index (χ0n) is 9.06. The van der Waals surface area contributed by atoms with Crippen molar-refractivity contribution >= 4 is 5.91 Å². The standard InChI is InChI=1S/C10H15N3O2/c1-7-4-3-5-13(6-7)10(14)9-8(2)11-15-12-9/h7H,3-6H2,1-2H3. The number of aryl methyl sites for hydroxylation is 1. The van der Waals surface area contributed by atoms with E-state index in [2.05, 4.69) is 21.9 Å². The highest BCUT2D eigenvalue weighted by Crippen LogP contribution is 2.17. The van der Waals surface area contributed by atoms with Crippen molar-refractivity contribution in [1.82, 2.24) is 15.2 Å². The summed E-state index contributed by atoms with van der Waals surface area (Å²) < 4.78 is 4.54. The predicted molar refractivity (Wildman–Crippen MR) is 53.3 cm³/mol. The lowest BCUT2D eigenvalue weighted by atomic mass is 10.00. The molecule has 2 rings (SSSR count). The maximum Gasteiger partial charge on any atom is 0.278 e. The van der Waals surface area contributed by atoms with Crippen molar-refractivity contribution < 1.29 is 9.42 Å². The molecule has 0 aromatic carbocycles. The molecule has 0 N–H and O–H groups in total. The molecule has 2 heterocycles. The molecule has 1 aromatic heterocycles. The van der Waals surface area contributed by atoms with Crippen LogP contribution in [-0.2, 0) is 0 Å². The minimum absolute atomic E-state index is 0.0553. The first-order chi connectivity index (χ1) is 7.18. The number of nitrogens with zero attached hydrogens (tertiary/aromatic N) is 3. The van der Waals surface area contributed by atoms with E-state index in [1.54, 1.807) is 6.92 Å². The first-order valence-electron chi connectivity index (χ1n) is 5.27. The molecular weight excluding hydrogens is 194 g/mol. The van der Waals surface area contributed by atoms with Gasteiger partial charge in [-0.25, -0.2) is 4.63 Å². The quantitative estimate of drug-likeness (QED) is 0.698. The number of hydrogen-bond acceptors (Lipinski definition) is 4. The second kappa shape index (κ2) is 4.00. The summed E-state index contributed by atoms with van der Waals surface area (Å²) in [5.41, 5.74) is 0.919. The van der Waals surface area contributed by atoms with Crippen LogP contribution < -0.4 is 0 Å². The van der Waals surface area contributed by atoms with Gasteiger partial charge in [0.1, 0.15) is 5.69 Å². The largest absolute Gasteiger partial charge is 0.337 e. The van der Waals surface area contributed by atoms with Gasteiger partial charge in [0.05, 0.1) is 0 Å². The fraction of sp³-hybridized carbons (Fsp3) is 0.700. The van der Waals surface area contributed by atoms with Crippen LogP contribution in [0, 0.1) is 12.8 Å². The van der Waals surface area contributed by atoms with E-state index in [1.807, 2.05) is 4.90 Å². The van der Waals surface area contributed by atoms with E-state index in [1.165, 1.54) is 6.42 Å². The first-order valence-corrected chi connectivity index (χ1v) is 5.27. The Balaban J connectivity index is 2.11. The molecule has 1 unspecified atom stereocenters. The Kier molecular flexibility index (Phi) is 2.70. The van der Waals surface area contributed by atoms with Crippen LogP contribution in [0.15, 0.2) is 4.63 Å². The highest BCUT2D eigenvalue weighted by molar-refractivity contribution is 5.93. The molecular formula is C10H15N3O2. The summed E-state index contributed by atoms with van der Waals surface area (Å²) in [5, 5.41) is 7.26. The van der Waals surface area contributed by atoms with E-state index in [0.29, 0.717) is 17.3 Å². The molecule has 1 aliphatic heterocycles. The van der Waals surface area contributed by atoms with Crippen LogP contribution in [0.2, 0.25) is 0 Å². The van der Waals surface area contributed by atoms with Gasteiger partial charge in [-0.1, -0.05) is 12.1 Å². The lowest BCUT2D eigenvalue weighted by Crippen LogP contribution is -2.39. The van der Waals surface area contributed by atoms with Gasteiger partial charge in [-0.3, -0.25) is 4.79 Å². The summed E-state index contributed by atoms with van der Waals surface area (Å²) >= 11 is 0.